The van der Waals surface area contributed by atoms with E-state index >= 15 is 0 Å². The van der Waals surface area contributed by atoms with Crippen molar-refractivity contribution in [2.75, 3.05) is 13.1 Å². The van der Waals surface area contributed by atoms with Crippen LogP contribution < -0.4 is 5.56 Å². The number of aromatic nitrogens is 4. The van der Waals surface area contributed by atoms with Gasteiger partial charge in [-0.1, -0.05) is 0 Å². The molecule has 0 spiro atoms. The third kappa shape index (κ3) is 3.39. The standard InChI is InChI=1S/C17H23N5O2/c1-12-4-5-16(23)22(19-12)11-14-6-8-21(9-7-14)17(24)15-10-13(2)18-20(15)3/h4-5,10,14H,6-9,11H2,1-3H3. The zero-order valence-corrected chi connectivity index (χ0v) is 14.4. The van der Waals surface area contributed by atoms with Crippen molar-refractivity contribution in [1.29, 1.82) is 0 Å². The Morgan fingerprint density at radius 2 is 1.88 bits per heavy atom. The molecule has 0 aromatic carbocycles. The number of aryl methyl sites for hydroxylation is 3. The van der Waals surface area contributed by atoms with Crippen LogP contribution in [0.3, 0.4) is 0 Å². The third-order valence-electron chi connectivity index (χ3n) is 4.55. The van der Waals surface area contributed by atoms with E-state index in [1.165, 1.54) is 0 Å². The number of amides is 1. The molecule has 24 heavy (non-hydrogen) atoms. The van der Waals surface area contributed by atoms with Crippen LogP contribution in [0.1, 0.15) is 34.7 Å². The van der Waals surface area contributed by atoms with Gasteiger partial charge in [0.05, 0.1) is 11.4 Å². The number of piperidine rings is 1. The number of carbonyl (C=O) groups is 1. The first-order chi connectivity index (χ1) is 11.4. The van der Waals surface area contributed by atoms with E-state index in [4.69, 9.17) is 0 Å². The van der Waals surface area contributed by atoms with Crippen molar-refractivity contribution in [2.45, 2.75) is 33.2 Å². The Labute approximate surface area is 140 Å². The van der Waals surface area contributed by atoms with Gasteiger partial charge in [0, 0.05) is 32.7 Å². The first-order valence-electron chi connectivity index (χ1n) is 8.28. The van der Waals surface area contributed by atoms with Crippen molar-refractivity contribution in [2.24, 2.45) is 13.0 Å². The fourth-order valence-electron chi connectivity index (χ4n) is 3.22. The Bertz CT molecular complexity index is 800. The van der Waals surface area contributed by atoms with Gasteiger partial charge in [-0.25, -0.2) is 4.68 Å². The molecule has 0 N–H and O–H groups in total. The molecule has 1 aliphatic heterocycles. The summed E-state index contributed by atoms with van der Waals surface area (Å²) in [6, 6.07) is 5.12. The number of likely N-dealkylation sites (tertiary alicyclic amines) is 1. The van der Waals surface area contributed by atoms with E-state index in [-0.39, 0.29) is 11.5 Å². The lowest BCUT2D eigenvalue weighted by molar-refractivity contribution is 0.0669. The normalized spacial score (nSPS) is 15.7. The van der Waals surface area contributed by atoms with Crippen LogP contribution in [0.5, 0.6) is 0 Å². The van der Waals surface area contributed by atoms with Crippen LogP contribution in [0.25, 0.3) is 0 Å². The maximum atomic E-state index is 12.6. The van der Waals surface area contributed by atoms with E-state index in [1.807, 2.05) is 24.8 Å². The summed E-state index contributed by atoms with van der Waals surface area (Å²) in [6.45, 7) is 5.79. The fraction of sp³-hybridized carbons (Fsp3) is 0.529. The van der Waals surface area contributed by atoms with Gasteiger partial charge in [0.25, 0.3) is 11.5 Å². The van der Waals surface area contributed by atoms with Crippen molar-refractivity contribution in [3.05, 3.63) is 45.6 Å². The minimum atomic E-state index is -0.0653. The first kappa shape index (κ1) is 16.4. The molecule has 0 aliphatic carbocycles. The predicted molar refractivity (Wildman–Crippen MR) is 89.8 cm³/mol. The zero-order chi connectivity index (χ0) is 17.3. The Morgan fingerprint density at radius 3 is 2.50 bits per heavy atom. The second-order valence-corrected chi connectivity index (χ2v) is 6.53. The molecule has 1 amide bonds. The summed E-state index contributed by atoms with van der Waals surface area (Å²) in [6.07, 6.45) is 1.76. The van der Waals surface area contributed by atoms with Crippen molar-refractivity contribution in [3.8, 4) is 0 Å². The Kier molecular flexibility index (Phi) is 4.51. The molecular formula is C17H23N5O2. The molecule has 0 bridgehead atoms. The number of hydrogen-bond acceptors (Lipinski definition) is 4. The summed E-state index contributed by atoms with van der Waals surface area (Å²) in [5.41, 5.74) is 2.25. The van der Waals surface area contributed by atoms with Crippen molar-refractivity contribution < 1.29 is 4.79 Å². The Hall–Kier alpha value is -2.44. The smallest absolute Gasteiger partial charge is 0.272 e. The SMILES string of the molecule is Cc1cc(C(=O)N2CCC(Cn3nc(C)ccc3=O)CC2)n(C)n1. The maximum absolute atomic E-state index is 12.6. The molecule has 7 nitrogen and oxygen atoms in total. The lowest BCUT2D eigenvalue weighted by atomic mass is 9.96. The number of rotatable bonds is 3. The molecule has 0 radical (unpaired) electrons. The minimum absolute atomic E-state index is 0.0300. The van der Waals surface area contributed by atoms with Crippen LogP contribution in [0.4, 0.5) is 0 Å². The summed E-state index contributed by atoms with van der Waals surface area (Å²) in [5, 5.41) is 8.53. The summed E-state index contributed by atoms with van der Waals surface area (Å²) >= 11 is 0. The highest BCUT2D eigenvalue weighted by Crippen LogP contribution is 2.20. The molecule has 0 unspecified atom stereocenters. The van der Waals surface area contributed by atoms with Crippen LogP contribution in [0.15, 0.2) is 23.0 Å². The van der Waals surface area contributed by atoms with Crippen molar-refractivity contribution in [1.82, 2.24) is 24.5 Å². The second-order valence-electron chi connectivity index (χ2n) is 6.53. The predicted octanol–water partition coefficient (Wildman–Crippen LogP) is 1.15. The molecule has 1 aliphatic rings. The zero-order valence-electron chi connectivity index (χ0n) is 14.4. The number of nitrogens with zero attached hydrogens (tertiary/aromatic N) is 5. The van der Waals surface area contributed by atoms with Gasteiger partial charge >= 0.3 is 0 Å². The largest absolute Gasteiger partial charge is 0.337 e. The Morgan fingerprint density at radius 1 is 1.17 bits per heavy atom. The molecule has 128 valence electrons. The van der Waals surface area contributed by atoms with Gasteiger partial charge < -0.3 is 4.90 Å². The summed E-state index contributed by atoms with van der Waals surface area (Å²) in [7, 11) is 1.79. The molecule has 1 fully saturated rings. The quantitative estimate of drug-likeness (QED) is 0.847. The van der Waals surface area contributed by atoms with E-state index in [0.29, 0.717) is 31.2 Å². The van der Waals surface area contributed by atoms with Crippen LogP contribution in [-0.2, 0) is 13.6 Å². The second kappa shape index (κ2) is 6.59. The van der Waals surface area contributed by atoms with Gasteiger partial charge in [0.15, 0.2) is 0 Å². The average Bonchev–Trinajstić information content (AvgIpc) is 2.89. The monoisotopic (exact) mass is 329 g/mol. The number of hydrogen-bond donors (Lipinski definition) is 0. The fourth-order valence-corrected chi connectivity index (χ4v) is 3.22. The first-order valence-corrected chi connectivity index (χ1v) is 8.28. The summed E-state index contributed by atoms with van der Waals surface area (Å²) in [5.74, 6) is 0.400. The van der Waals surface area contributed by atoms with Gasteiger partial charge in [-0.05, 0) is 44.7 Å². The molecule has 2 aromatic heterocycles. The lowest BCUT2D eigenvalue weighted by Crippen LogP contribution is -2.41. The summed E-state index contributed by atoms with van der Waals surface area (Å²) < 4.78 is 3.18. The number of carbonyl (C=O) groups excluding carboxylic acids is 1. The molecule has 3 heterocycles. The van der Waals surface area contributed by atoms with Crippen LogP contribution in [0.2, 0.25) is 0 Å². The highest BCUT2D eigenvalue weighted by molar-refractivity contribution is 5.92. The topological polar surface area (TPSA) is 73.0 Å². The molecule has 0 saturated carbocycles. The molecule has 7 heteroatoms. The van der Waals surface area contributed by atoms with Crippen molar-refractivity contribution >= 4 is 5.91 Å². The average molecular weight is 329 g/mol. The highest BCUT2D eigenvalue weighted by Gasteiger charge is 2.26. The van der Waals surface area contributed by atoms with E-state index in [0.717, 1.165) is 24.2 Å². The van der Waals surface area contributed by atoms with Gasteiger partial charge in [-0.3, -0.25) is 14.3 Å². The van der Waals surface area contributed by atoms with Gasteiger partial charge in [-0.15, -0.1) is 0 Å². The van der Waals surface area contributed by atoms with Crippen LogP contribution in [-0.4, -0.2) is 43.5 Å². The van der Waals surface area contributed by atoms with E-state index in [2.05, 4.69) is 10.2 Å². The van der Waals surface area contributed by atoms with Crippen LogP contribution in [0, 0.1) is 19.8 Å². The third-order valence-corrected chi connectivity index (χ3v) is 4.55. The van der Waals surface area contributed by atoms with Gasteiger partial charge in [-0.2, -0.15) is 10.2 Å². The molecular weight excluding hydrogens is 306 g/mol. The van der Waals surface area contributed by atoms with Gasteiger partial charge in [0.1, 0.15) is 5.69 Å². The van der Waals surface area contributed by atoms with E-state index in [1.54, 1.807) is 28.5 Å². The van der Waals surface area contributed by atoms with E-state index in [9.17, 15) is 9.59 Å². The minimum Gasteiger partial charge on any atom is -0.337 e. The lowest BCUT2D eigenvalue weighted by Gasteiger charge is -2.32. The summed E-state index contributed by atoms with van der Waals surface area (Å²) in [4.78, 5) is 26.3. The van der Waals surface area contributed by atoms with Crippen LogP contribution >= 0.6 is 0 Å². The molecule has 0 atom stereocenters. The Balaban J connectivity index is 1.61. The maximum Gasteiger partial charge on any atom is 0.272 e. The van der Waals surface area contributed by atoms with Crippen molar-refractivity contribution in [3.63, 3.8) is 0 Å². The van der Waals surface area contributed by atoms with E-state index < -0.39 is 0 Å². The molecule has 1 saturated heterocycles. The highest BCUT2D eigenvalue weighted by atomic mass is 16.2. The molecule has 2 aromatic rings. The molecule has 3 rings (SSSR count). The van der Waals surface area contributed by atoms with Gasteiger partial charge in [0.2, 0.25) is 0 Å².